The molecule has 26 heavy (non-hydrogen) atoms. The predicted molar refractivity (Wildman–Crippen MR) is 105 cm³/mol. The first-order valence-corrected chi connectivity index (χ1v) is 8.77. The molecule has 5 nitrogen and oxygen atoms in total. The molecule has 0 amide bonds. The maximum absolute atomic E-state index is 11.8. The Balaban J connectivity index is 0.00000338. The molecule has 2 rings (SSSR count). The number of benzene rings is 1. The van der Waals surface area contributed by atoms with Crippen LogP contribution in [0.1, 0.15) is 31.7 Å². The number of ether oxygens (including phenoxy) is 2. The van der Waals surface area contributed by atoms with Gasteiger partial charge in [-0.1, -0.05) is 23.8 Å². The van der Waals surface area contributed by atoms with Crippen LogP contribution < -0.4 is 4.74 Å². The number of nitrogens with zero attached hydrogens (tertiary/aromatic N) is 1. The third-order valence-corrected chi connectivity index (χ3v) is 4.78. The van der Waals surface area contributed by atoms with Gasteiger partial charge < -0.3 is 19.5 Å². The van der Waals surface area contributed by atoms with E-state index in [-0.39, 0.29) is 24.3 Å². The SMILES string of the molecule is CCOC(=O)/C=C1\CCC(O)(c2ccccc2OC)C(CN(C)C)C1.Cl. The van der Waals surface area contributed by atoms with E-state index >= 15 is 0 Å². The third kappa shape index (κ3) is 5.22. The summed E-state index contributed by atoms with van der Waals surface area (Å²) >= 11 is 0. The molecule has 0 aliphatic heterocycles. The first-order chi connectivity index (χ1) is 11.9. The minimum Gasteiger partial charge on any atom is -0.496 e. The molecule has 1 fully saturated rings. The fraction of sp³-hybridized carbons (Fsp3) is 0.550. The maximum Gasteiger partial charge on any atom is 0.330 e. The molecule has 0 bridgehead atoms. The quantitative estimate of drug-likeness (QED) is 0.604. The highest BCUT2D eigenvalue weighted by atomic mass is 35.5. The van der Waals surface area contributed by atoms with E-state index in [1.54, 1.807) is 20.1 Å². The number of para-hydroxylation sites is 1. The number of esters is 1. The van der Waals surface area contributed by atoms with Gasteiger partial charge in [-0.2, -0.15) is 0 Å². The Morgan fingerprint density at radius 1 is 1.38 bits per heavy atom. The normalized spacial score (nSPS) is 24.2. The standard InChI is InChI=1S/C20H29NO4.ClH/c1-5-25-19(22)13-15-10-11-20(23,16(12-15)14-21(2)3)17-8-6-7-9-18(17)24-4;/h6-9,13,16,23H,5,10-12,14H2,1-4H3;1H/b15-13+;. The van der Waals surface area contributed by atoms with Crippen LogP contribution in [0.2, 0.25) is 0 Å². The Morgan fingerprint density at radius 2 is 2.08 bits per heavy atom. The zero-order chi connectivity index (χ0) is 18.4. The second-order valence-corrected chi connectivity index (χ2v) is 6.84. The van der Waals surface area contributed by atoms with Crippen LogP contribution in [0.15, 0.2) is 35.9 Å². The van der Waals surface area contributed by atoms with Crippen molar-refractivity contribution in [1.82, 2.24) is 4.90 Å². The Kier molecular flexibility index (Phi) is 8.60. The zero-order valence-corrected chi connectivity index (χ0v) is 16.8. The number of carbonyl (C=O) groups is 1. The molecule has 0 heterocycles. The number of carbonyl (C=O) groups excluding carboxylic acids is 1. The largest absolute Gasteiger partial charge is 0.496 e. The van der Waals surface area contributed by atoms with Crippen molar-refractivity contribution in [2.75, 3.05) is 34.4 Å². The van der Waals surface area contributed by atoms with Crippen molar-refractivity contribution in [3.8, 4) is 5.75 Å². The summed E-state index contributed by atoms with van der Waals surface area (Å²) in [5.41, 5.74) is 0.868. The lowest BCUT2D eigenvalue weighted by Crippen LogP contribution is -2.43. The number of aliphatic hydroxyl groups is 1. The van der Waals surface area contributed by atoms with Crippen LogP contribution in [-0.2, 0) is 15.1 Å². The van der Waals surface area contributed by atoms with Crippen LogP contribution in [0, 0.1) is 5.92 Å². The summed E-state index contributed by atoms with van der Waals surface area (Å²) in [6.45, 7) is 2.89. The fourth-order valence-corrected chi connectivity index (χ4v) is 3.64. The molecular weight excluding hydrogens is 354 g/mol. The lowest BCUT2D eigenvalue weighted by Gasteiger charge is -2.43. The molecule has 0 saturated heterocycles. The van der Waals surface area contributed by atoms with Gasteiger partial charge >= 0.3 is 5.97 Å². The van der Waals surface area contributed by atoms with E-state index in [1.807, 2.05) is 38.4 Å². The minimum atomic E-state index is -0.983. The smallest absolute Gasteiger partial charge is 0.330 e. The predicted octanol–water partition coefficient (Wildman–Crippen LogP) is 3.16. The minimum absolute atomic E-state index is 0. The molecule has 0 radical (unpaired) electrons. The van der Waals surface area contributed by atoms with Gasteiger partial charge in [-0.25, -0.2) is 4.79 Å². The molecule has 0 aromatic heterocycles. The van der Waals surface area contributed by atoms with Gasteiger partial charge in [-0.15, -0.1) is 12.4 Å². The van der Waals surface area contributed by atoms with Crippen molar-refractivity contribution in [3.63, 3.8) is 0 Å². The molecule has 1 aliphatic carbocycles. The Morgan fingerprint density at radius 3 is 2.69 bits per heavy atom. The monoisotopic (exact) mass is 383 g/mol. The number of hydrogen-bond acceptors (Lipinski definition) is 5. The summed E-state index contributed by atoms with van der Waals surface area (Å²) in [7, 11) is 5.61. The van der Waals surface area contributed by atoms with E-state index < -0.39 is 5.60 Å². The topological polar surface area (TPSA) is 59.0 Å². The van der Waals surface area contributed by atoms with Crippen LogP contribution in [0.3, 0.4) is 0 Å². The lowest BCUT2D eigenvalue weighted by atomic mass is 9.69. The average molecular weight is 384 g/mol. The second-order valence-electron chi connectivity index (χ2n) is 6.84. The van der Waals surface area contributed by atoms with Gasteiger partial charge in [-0.05, 0) is 46.3 Å². The van der Waals surface area contributed by atoms with Crippen molar-refractivity contribution < 1.29 is 19.4 Å². The molecule has 1 saturated carbocycles. The summed E-state index contributed by atoms with van der Waals surface area (Å²) in [6, 6.07) is 7.64. The molecule has 2 unspecified atom stereocenters. The number of halogens is 1. The summed E-state index contributed by atoms with van der Waals surface area (Å²) in [5.74, 6) is 0.364. The van der Waals surface area contributed by atoms with E-state index in [4.69, 9.17) is 9.47 Å². The van der Waals surface area contributed by atoms with Crippen molar-refractivity contribution in [1.29, 1.82) is 0 Å². The molecule has 146 valence electrons. The third-order valence-electron chi connectivity index (χ3n) is 4.78. The second kappa shape index (κ2) is 9.95. The molecule has 1 aliphatic rings. The molecule has 1 aromatic rings. The van der Waals surface area contributed by atoms with Gasteiger partial charge in [0.1, 0.15) is 5.75 Å². The van der Waals surface area contributed by atoms with Gasteiger partial charge in [0.05, 0.1) is 19.3 Å². The molecular formula is C20H30ClNO4. The zero-order valence-electron chi connectivity index (χ0n) is 16.0. The van der Waals surface area contributed by atoms with Crippen LogP contribution in [-0.4, -0.2) is 50.3 Å². The highest BCUT2D eigenvalue weighted by Gasteiger charge is 2.43. The van der Waals surface area contributed by atoms with Crippen LogP contribution in [0.25, 0.3) is 0 Å². The molecule has 0 spiro atoms. The van der Waals surface area contributed by atoms with E-state index in [0.29, 0.717) is 38.2 Å². The lowest BCUT2D eigenvalue weighted by molar-refractivity contribution is -0.137. The Labute approximate surface area is 162 Å². The molecule has 1 N–H and O–H groups in total. The summed E-state index contributed by atoms with van der Waals surface area (Å²) in [6.07, 6.45) is 3.47. The fourth-order valence-electron chi connectivity index (χ4n) is 3.64. The first-order valence-electron chi connectivity index (χ1n) is 8.77. The van der Waals surface area contributed by atoms with Gasteiger partial charge in [-0.3, -0.25) is 0 Å². The Bertz CT molecular complexity index is 632. The average Bonchev–Trinajstić information content (AvgIpc) is 2.57. The molecule has 2 atom stereocenters. The first kappa shape index (κ1) is 22.5. The van der Waals surface area contributed by atoms with Crippen LogP contribution in [0.5, 0.6) is 5.75 Å². The van der Waals surface area contributed by atoms with E-state index in [0.717, 1.165) is 11.1 Å². The van der Waals surface area contributed by atoms with Gasteiger partial charge in [0.15, 0.2) is 0 Å². The van der Waals surface area contributed by atoms with Crippen molar-refractivity contribution in [3.05, 3.63) is 41.5 Å². The number of hydrogen-bond donors (Lipinski definition) is 1. The highest BCUT2D eigenvalue weighted by molar-refractivity contribution is 5.85. The highest BCUT2D eigenvalue weighted by Crippen LogP contribution is 2.46. The Hall–Kier alpha value is -1.56. The van der Waals surface area contributed by atoms with E-state index in [1.165, 1.54) is 0 Å². The van der Waals surface area contributed by atoms with E-state index in [9.17, 15) is 9.90 Å². The van der Waals surface area contributed by atoms with Crippen molar-refractivity contribution in [2.24, 2.45) is 5.92 Å². The number of methoxy groups -OCH3 is 1. The van der Waals surface area contributed by atoms with E-state index in [2.05, 4.69) is 4.90 Å². The van der Waals surface area contributed by atoms with Crippen LogP contribution >= 0.6 is 12.4 Å². The number of rotatable bonds is 6. The van der Waals surface area contributed by atoms with Crippen molar-refractivity contribution >= 4 is 18.4 Å². The number of allylic oxidation sites excluding steroid dienone is 1. The summed E-state index contributed by atoms with van der Waals surface area (Å²) in [4.78, 5) is 13.8. The van der Waals surface area contributed by atoms with Crippen molar-refractivity contribution in [2.45, 2.75) is 31.8 Å². The maximum atomic E-state index is 11.8. The van der Waals surface area contributed by atoms with Gasteiger partial charge in [0.2, 0.25) is 0 Å². The summed E-state index contributed by atoms with van der Waals surface area (Å²) in [5, 5.41) is 11.6. The molecule has 1 aromatic carbocycles. The molecule has 6 heteroatoms. The summed E-state index contributed by atoms with van der Waals surface area (Å²) < 4.78 is 10.5. The van der Waals surface area contributed by atoms with Gasteiger partial charge in [0.25, 0.3) is 0 Å². The van der Waals surface area contributed by atoms with Gasteiger partial charge in [0, 0.05) is 24.1 Å². The van der Waals surface area contributed by atoms with Crippen LogP contribution in [0.4, 0.5) is 0 Å².